The third kappa shape index (κ3) is 3.76. The molecule has 2 aliphatic rings. The van der Waals surface area contributed by atoms with Crippen molar-refractivity contribution in [3.05, 3.63) is 70.5 Å². The van der Waals surface area contributed by atoms with Gasteiger partial charge < -0.3 is 9.80 Å². The second-order valence-electron chi connectivity index (χ2n) is 8.14. The molecule has 2 aromatic rings. The predicted molar refractivity (Wildman–Crippen MR) is 111 cm³/mol. The van der Waals surface area contributed by atoms with Crippen LogP contribution in [-0.2, 0) is 6.18 Å². The maximum Gasteiger partial charge on any atom is 0.416 e. The molecule has 2 heterocycles. The van der Waals surface area contributed by atoms with Gasteiger partial charge in [0.2, 0.25) is 0 Å². The molecule has 0 spiro atoms. The molecule has 0 aromatic heterocycles. The van der Waals surface area contributed by atoms with Gasteiger partial charge in [-0.25, -0.2) is 4.39 Å². The lowest BCUT2D eigenvalue weighted by atomic mass is 9.88. The zero-order valence-corrected chi connectivity index (χ0v) is 17.3. The standard InChI is InChI=1S/C23H22F4N4O/c1-13-17(5-3-6-18(13)23(25,26)27)22(32)31-16-4-2-7-19(31)21(29)30(12-16)20(28)14-8-10-15(24)11-9-14/h3,5-6,8-11,16,19,28-29H,2,4,7,12H2,1H3. The van der Waals surface area contributed by atoms with Crippen molar-refractivity contribution in [2.45, 2.75) is 44.4 Å². The van der Waals surface area contributed by atoms with Gasteiger partial charge in [-0.2, -0.15) is 13.2 Å². The van der Waals surface area contributed by atoms with E-state index in [0.29, 0.717) is 18.4 Å². The number of rotatable bonds is 2. The Labute approximate surface area is 182 Å². The summed E-state index contributed by atoms with van der Waals surface area (Å²) in [6, 6.07) is 8.00. The second kappa shape index (κ2) is 8.03. The van der Waals surface area contributed by atoms with E-state index in [1.165, 1.54) is 53.1 Å². The van der Waals surface area contributed by atoms with E-state index in [1.54, 1.807) is 0 Å². The minimum Gasteiger partial charge on any atom is -0.324 e. The van der Waals surface area contributed by atoms with Gasteiger partial charge in [0.15, 0.2) is 0 Å². The minimum absolute atomic E-state index is 0.0217. The normalized spacial score (nSPS) is 21.0. The van der Waals surface area contributed by atoms with Crippen LogP contribution in [0.1, 0.15) is 46.3 Å². The summed E-state index contributed by atoms with van der Waals surface area (Å²) in [7, 11) is 0. The molecule has 2 aromatic carbocycles. The van der Waals surface area contributed by atoms with Crippen molar-refractivity contribution in [2.24, 2.45) is 0 Å². The number of piperidine rings is 1. The van der Waals surface area contributed by atoms with Crippen LogP contribution in [0.3, 0.4) is 0 Å². The fourth-order valence-corrected chi connectivity index (χ4v) is 4.61. The Kier molecular flexibility index (Phi) is 5.52. The molecule has 2 bridgehead atoms. The summed E-state index contributed by atoms with van der Waals surface area (Å²) in [6.07, 6.45) is -2.67. The van der Waals surface area contributed by atoms with Crippen LogP contribution in [0.25, 0.3) is 0 Å². The number of likely N-dealkylation sites (tertiary alicyclic amines) is 1. The number of amidine groups is 2. The minimum atomic E-state index is -4.56. The molecule has 2 aliphatic heterocycles. The zero-order chi connectivity index (χ0) is 23.2. The molecule has 9 heteroatoms. The van der Waals surface area contributed by atoms with Crippen LogP contribution in [0.5, 0.6) is 0 Å². The number of hydrogen-bond donors (Lipinski definition) is 2. The van der Waals surface area contributed by atoms with Gasteiger partial charge in [0.1, 0.15) is 17.5 Å². The molecule has 2 unspecified atom stereocenters. The quantitative estimate of drug-likeness (QED) is 0.394. The first kappa shape index (κ1) is 22.0. The molecule has 4 rings (SSSR count). The lowest BCUT2D eigenvalue weighted by Gasteiger charge is -2.50. The van der Waals surface area contributed by atoms with Crippen molar-refractivity contribution in [3.8, 4) is 0 Å². The van der Waals surface area contributed by atoms with Gasteiger partial charge in [0, 0.05) is 17.7 Å². The molecule has 0 aliphatic carbocycles. The Morgan fingerprint density at radius 3 is 2.44 bits per heavy atom. The number of amides is 1. The van der Waals surface area contributed by atoms with E-state index in [2.05, 4.69) is 0 Å². The topological polar surface area (TPSA) is 71.2 Å². The van der Waals surface area contributed by atoms with Gasteiger partial charge in [-0.3, -0.25) is 15.6 Å². The van der Waals surface area contributed by atoms with Crippen LogP contribution in [0.4, 0.5) is 17.6 Å². The molecule has 2 N–H and O–H groups in total. The van der Waals surface area contributed by atoms with Crippen LogP contribution in [0.2, 0.25) is 0 Å². The molecular weight excluding hydrogens is 424 g/mol. The molecule has 2 atom stereocenters. The maximum atomic E-state index is 13.4. The summed E-state index contributed by atoms with van der Waals surface area (Å²) in [5, 5.41) is 17.2. The fraction of sp³-hybridized carbons (Fsp3) is 0.348. The predicted octanol–water partition coefficient (Wildman–Crippen LogP) is 4.83. The van der Waals surface area contributed by atoms with Gasteiger partial charge >= 0.3 is 6.18 Å². The van der Waals surface area contributed by atoms with Crippen LogP contribution < -0.4 is 0 Å². The SMILES string of the molecule is Cc1c(C(=O)N2C3CCCC2C(=N)N(C(=N)c2ccc(F)cc2)C3)cccc1C(F)(F)F. The monoisotopic (exact) mass is 446 g/mol. The number of alkyl halides is 3. The highest BCUT2D eigenvalue weighted by molar-refractivity contribution is 6.10. The average Bonchev–Trinajstić information content (AvgIpc) is 2.75. The molecule has 0 radical (unpaired) electrons. The molecule has 2 saturated heterocycles. The van der Waals surface area contributed by atoms with Crippen LogP contribution in [0.15, 0.2) is 42.5 Å². The van der Waals surface area contributed by atoms with Crippen molar-refractivity contribution in [2.75, 3.05) is 6.54 Å². The Balaban J connectivity index is 1.64. The van der Waals surface area contributed by atoms with Crippen molar-refractivity contribution < 1.29 is 22.4 Å². The van der Waals surface area contributed by atoms with E-state index in [4.69, 9.17) is 10.8 Å². The Morgan fingerprint density at radius 1 is 1.09 bits per heavy atom. The van der Waals surface area contributed by atoms with Crippen LogP contribution in [0, 0.1) is 23.6 Å². The summed E-state index contributed by atoms with van der Waals surface area (Å²) >= 11 is 0. The lowest BCUT2D eigenvalue weighted by Crippen LogP contribution is -2.66. The van der Waals surface area contributed by atoms with Crippen molar-refractivity contribution in [1.29, 1.82) is 10.8 Å². The second-order valence-corrected chi connectivity index (χ2v) is 8.14. The van der Waals surface area contributed by atoms with Crippen molar-refractivity contribution >= 4 is 17.6 Å². The van der Waals surface area contributed by atoms with E-state index >= 15 is 0 Å². The van der Waals surface area contributed by atoms with Gasteiger partial charge in [-0.05, 0) is 68.1 Å². The fourth-order valence-electron chi connectivity index (χ4n) is 4.61. The number of nitrogens with zero attached hydrogens (tertiary/aromatic N) is 2. The van der Waals surface area contributed by atoms with Crippen LogP contribution >= 0.6 is 0 Å². The summed E-state index contributed by atoms with van der Waals surface area (Å²) < 4.78 is 53.3. The smallest absolute Gasteiger partial charge is 0.324 e. The summed E-state index contributed by atoms with van der Waals surface area (Å²) in [5.41, 5.74) is -0.550. The van der Waals surface area contributed by atoms with Gasteiger partial charge in [0.25, 0.3) is 5.91 Å². The average molecular weight is 446 g/mol. The first-order valence-corrected chi connectivity index (χ1v) is 10.3. The van der Waals surface area contributed by atoms with E-state index in [1.807, 2.05) is 0 Å². The van der Waals surface area contributed by atoms with Gasteiger partial charge in [-0.15, -0.1) is 0 Å². The third-order valence-corrected chi connectivity index (χ3v) is 6.24. The highest BCUT2D eigenvalue weighted by atomic mass is 19.4. The van der Waals surface area contributed by atoms with E-state index < -0.39 is 29.5 Å². The molecule has 0 saturated carbocycles. The van der Waals surface area contributed by atoms with Crippen molar-refractivity contribution in [3.63, 3.8) is 0 Å². The first-order chi connectivity index (χ1) is 15.1. The number of carbonyl (C=O) groups is 1. The third-order valence-electron chi connectivity index (χ3n) is 6.24. The number of benzene rings is 2. The highest BCUT2D eigenvalue weighted by Crippen LogP contribution is 2.36. The Bertz CT molecular complexity index is 1080. The highest BCUT2D eigenvalue weighted by Gasteiger charge is 2.45. The molecule has 32 heavy (non-hydrogen) atoms. The van der Waals surface area contributed by atoms with Gasteiger partial charge in [0.05, 0.1) is 17.6 Å². The largest absolute Gasteiger partial charge is 0.416 e. The number of nitrogens with one attached hydrogen (secondary N) is 2. The lowest BCUT2D eigenvalue weighted by molar-refractivity contribution is -0.138. The Morgan fingerprint density at radius 2 is 1.78 bits per heavy atom. The summed E-state index contributed by atoms with van der Waals surface area (Å²) in [6.45, 7) is 1.48. The molecule has 5 nitrogen and oxygen atoms in total. The zero-order valence-electron chi connectivity index (χ0n) is 17.3. The van der Waals surface area contributed by atoms with Gasteiger partial charge in [-0.1, -0.05) is 6.07 Å². The molecule has 2 fully saturated rings. The van der Waals surface area contributed by atoms with E-state index in [9.17, 15) is 22.4 Å². The number of halogens is 4. The molecular formula is C23H22F4N4O. The number of hydrogen-bond acceptors (Lipinski definition) is 3. The number of fused-ring (bicyclic) bond motifs is 2. The summed E-state index contributed by atoms with van der Waals surface area (Å²) in [5.74, 6) is -0.871. The maximum absolute atomic E-state index is 13.4. The number of piperazine rings is 1. The van der Waals surface area contributed by atoms with Crippen molar-refractivity contribution in [1.82, 2.24) is 9.80 Å². The summed E-state index contributed by atoms with van der Waals surface area (Å²) in [4.78, 5) is 16.4. The van der Waals surface area contributed by atoms with Crippen LogP contribution in [-0.4, -0.2) is 46.0 Å². The van der Waals surface area contributed by atoms with E-state index in [0.717, 1.165) is 12.5 Å². The first-order valence-electron chi connectivity index (χ1n) is 10.3. The Hall–Kier alpha value is -3.23. The van der Waals surface area contributed by atoms with E-state index in [-0.39, 0.29) is 35.4 Å². The molecule has 168 valence electrons. The molecule has 1 amide bonds. The number of carbonyl (C=O) groups excluding carboxylic acids is 1.